The number of aromatic nitrogens is 2. The van der Waals surface area contributed by atoms with Crippen molar-refractivity contribution in [2.45, 2.75) is 13.2 Å². The van der Waals surface area contributed by atoms with Crippen molar-refractivity contribution in [2.24, 2.45) is 0 Å². The van der Waals surface area contributed by atoms with E-state index in [0.717, 1.165) is 11.2 Å². The van der Waals surface area contributed by atoms with Crippen LogP contribution in [0.15, 0.2) is 65.7 Å². The first kappa shape index (κ1) is 17.8. The van der Waals surface area contributed by atoms with Crippen LogP contribution in [0.5, 0.6) is 5.75 Å². The van der Waals surface area contributed by atoms with Crippen molar-refractivity contribution >= 4 is 22.8 Å². The Morgan fingerprint density at radius 2 is 2.04 bits per heavy atom. The third kappa shape index (κ3) is 3.72. The molecule has 4 aromatic rings. The standard InChI is InChI=1S/C21H15N3O3S/c22-9-19-16(10-24-8-2-1-3-20(19)24)11-27-21(25)15-4-6-18(7-5-15)26-12-17-13-28-14-23-17/h1-8,10,13-14H,11-12H2. The maximum absolute atomic E-state index is 12.3. The summed E-state index contributed by atoms with van der Waals surface area (Å²) >= 11 is 1.51. The Balaban J connectivity index is 1.39. The van der Waals surface area contributed by atoms with Crippen LogP contribution in [0.25, 0.3) is 5.52 Å². The molecule has 0 atom stereocenters. The molecule has 7 heteroatoms. The maximum atomic E-state index is 12.3. The zero-order chi connectivity index (χ0) is 19.3. The van der Waals surface area contributed by atoms with E-state index in [1.165, 1.54) is 11.3 Å². The van der Waals surface area contributed by atoms with E-state index in [0.29, 0.717) is 29.0 Å². The highest BCUT2D eigenvalue weighted by molar-refractivity contribution is 7.07. The van der Waals surface area contributed by atoms with Crippen LogP contribution in [0.4, 0.5) is 0 Å². The van der Waals surface area contributed by atoms with Crippen LogP contribution in [0.3, 0.4) is 0 Å². The summed E-state index contributed by atoms with van der Waals surface area (Å²) in [5.41, 5.74) is 5.01. The lowest BCUT2D eigenvalue weighted by Crippen LogP contribution is -2.05. The Bertz CT molecular complexity index is 1140. The minimum atomic E-state index is -0.454. The minimum absolute atomic E-state index is 0.0332. The van der Waals surface area contributed by atoms with Gasteiger partial charge in [0.05, 0.1) is 27.8 Å². The second-order valence-corrected chi connectivity index (χ2v) is 6.72. The predicted molar refractivity (Wildman–Crippen MR) is 104 cm³/mol. The Labute approximate surface area is 165 Å². The molecule has 4 rings (SSSR count). The molecule has 0 saturated heterocycles. The molecule has 3 heterocycles. The number of ether oxygens (including phenoxy) is 2. The highest BCUT2D eigenvalue weighted by atomic mass is 32.1. The molecule has 0 radical (unpaired) electrons. The van der Waals surface area contributed by atoms with Crippen LogP contribution < -0.4 is 4.74 Å². The lowest BCUT2D eigenvalue weighted by Gasteiger charge is -2.06. The zero-order valence-corrected chi connectivity index (χ0v) is 15.6. The zero-order valence-electron chi connectivity index (χ0n) is 14.7. The number of carbonyl (C=O) groups excluding carboxylic acids is 1. The third-order valence-electron chi connectivity index (χ3n) is 4.19. The highest BCUT2D eigenvalue weighted by Crippen LogP contribution is 2.20. The molecule has 0 aliphatic carbocycles. The fraction of sp³-hybridized carbons (Fsp3) is 0.0952. The number of pyridine rings is 1. The molecule has 0 bridgehead atoms. The van der Waals surface area contributed by atoms with Crippen LogP contribution in [-0.4, -0.2) is 15.4 Å². The molecule has 0 aliphatic heterocycles. The lowest BCUT2D eigenvalue weighted by molar-refractivity contribution is 0.0472. The molecule has 0 unspecified atom stereocenters. The number of nitriles is 1. The molecule has 0 saturated carbocycles. The van der Waals surface area contributed by atoms with Crippen molar-refractivity contribution in [3.05, 3.63) is 88.1 Å². The van der Waals surface area contributed by atoms with Crippen molar-refractivity contribution < 1.29 is 14.3 Å². The maximum Gasteiger partial charge on any atom is 0.338 e. The summed E-state index contributed by atoms with van der Waals surface area (Å²) in [5, 5.41) is 11.3. The topological polar surface area (TPSA) is 76.6 Å². The highest BCUT2D eigenvalue weighted by Gasteiger charge is 2.13. The smallest absolute Gasteiger partial charge is 0.338 e. The molecule has 3 aromatic heterocycles. The second kappa shape index (κ2) is 7.94. The van der Waals surface area contributed by atoms with Gasteiger partial charge < -0.3 is 13.9 Å². The number of thiazole rings is 1. The normalized spacial score (nSPS) is 10.5. The Morgan fingerprint density at radius 3 is 2.79 bits per heavy atom. The van der Waals surface area contributed by atoms with Gasteiger partial charge in [0, 0.05) is 23.3 Å². The molecule has 138 valence electrons. The van der Waals surface area contributed by atoms with Crippen LogP contribution in [0, 0.1) is 11.3 Å². The van der Waals surface area contributed by atoms with Gasteiger partial charge in [0.1, 0.15) is 25.0 Å². The van der Waals surface area contributed by atoms with Crippen molar-refractivity contribution in [1.29, 1.82) is 5.26 Å². The number of rotatable bonds is 6. The summed E-state index contributed by atoms with van der Waals surface area (Å²) in [6, 6.07) is 14.5. The van der Waals surface area contributed by atoms with Gasteiger partial charge in [0.25, 0.3) is 0 Å². The summed E-state index contributed by atoms with van der Waals surface area (Å²) in [7, 11) is 0. The van der Waals surface area contributed by atoms with Gasteiger partial charge >= 0.3 is 5.97 Å². The summed E-state index contributed by atoms with van der Waals surface area (Å²) in [4.78, 5) is 16.5. The van der Waals surface area contributed by atoms with Gasteiger partial charge in [-0.3, -0.25) is 0 Å². The summed E-state index contributed by atoms with van der Waals surface area (Å²) in [6.45, 7) is 0.415. The van der Waals surface area contributed by atoms with Crippen LogP contribution in [0.2, 0.25) is 0 Å². The van der Waals surface area contributed by atoms with Crippen molar-refractivity contribution in [3.8, 4) is 11.8 Å². The second-order valence-electron chi connectivity index (χ2n) is 6.00. The molecule has 0 aliphatic rings. The Kier molecular flexibility index (Phi) is 5.04. The number of hydrogen-bond acceptors (Lipinski definition) is 6. The van der Waals surface area contributed by atoms with Crippen molar-refractivity contribution in [1.82, 2.24) is 9.38 Å². The van der Waals surface area contributed by atoms with E-state index in [-0.39, 0.29) is 6.61 Å². The van der Waals surface area contributed by atoms with E-state index in [2.05, 4.69) is 11.1 Å². The fourth-order valence-corrected chi connectivity index (χ4v) is 3.34. The van der Waals surface area contributed by atoms with Gasteiger partial charge in [0.2, 0.25) is 0 Å². The fourth-order valence-electron chi connectivity index (χ4n) is 2.80. The average molecular weight is 389 g/mol. The minimum Gasteiger partial charge on any atom is -0.487 e. The number of fused-ring (bicyclic) bond motifs is 1. The van der Waals surface area contributed by atoms with Gasteiger partial charge in [0.15, 0.2) is 0 Å². The van der Waals surface area contributed by atoms with Crippen molar-refractivity contribution in [3.63, 3.8) is 0 Å². The first-order valence-electron chi connectivity index (χ1n) is 8.50. The van der Waals surface area contributed by atoms with E-state index < -0.39 is 5.97 Å². The quantitative estimate of drug-likeness (QED) is 0.462. The molecule has 6 nitrogen and oxygen atoms in total. The van der Waals surface area contributed by atoms with Crippen LogP contribution in [-0.2, 0) is 18.0 Å². The molecule has 0 amide bonds. The molecule has 0 fully saturated rings. The van der Waals surface area contributed by atoms with Crippen LogP contribution in [0.1, 0.15) is 27.2 Å². The molecule has 0 spiro atoms. The monoisotopic (exact) mass is 389 g/mol. The summed E-state index contributed by atoms with van der Waals surface area (Å²) in [6.07, 6.45) is 3.66. The predicted octanol–water partition coefficient (Wildman–Crippen LogP) is 4.20. The van der Waals surface area contributed by atoms with Gasteiger partial charge in [-0.05, 0) is 36.4 Å². The van der Waals surface area contributed by atoms with Gasteiger partial charge in [-0.25, -0.2) is 9.78 Å². The summed E-state index contributed by atoms with van der Waals surface area (Å²) < 4.78 is 12.9. The van der Waals surface area contributed by atoms with Gasteiger partial charge in [-0.2, -0.15) is 5.26 Å². The third-order valence-corrected chi connectivity index (χ3v) is 4.83. The molecule has 1 aromatic carbocycles. The number of nitrogens with zero attached hydrogens (tertiary/aromatic N) is 3. The largest absolute Gasteiger partial charge is 0.487 e. The van der Waals surface area contributed by atoms with Gasteiger partial charge in [-0.1, -0.05) is 6.07 Å². The first-order valence-corrected chi connectivity index (χ1v) is 9.44. The first-order chi connectivity index (χ1) is 13.7. The summed E-state index contributed by atoms with van der Waals surface area (Å²) in [5.74, 6) is 0.195. The van der Waals surface area contributed by atoms with Crippen molar-refractivity contribution in [2.75, 3.05) is 0 Å². The number of esters is 1. The van der Waals surface area contributed by atoms with E-state index in [1.54, 1.807) is 36.0 Å². The van der Waals surface area contributed by atoms with E-state index in [4.69, 9.17) is 9.47 Å². The molecule has 0 N–H and O–H groups in total. The van der Waals surface area contributed by atoms with E-state index in [1.807, 2.05) is 34.2 Å². The van der Waals surface area contributed by atoms with E-state index >= 15 is 0 Å². The number of carbonyl (C=O) groups is 1. The van der Waals surface area contributed by atoms with E-state index in [9.17, 15) is 10.1 Å². The number of benzene rings is 1. The lowest BCUT2D eigenvalue weighted by atomic mass is 10.2. The SMILES string of the molecule is N#Cc1c(COC(=O)c2ccc(OCc3cscn3)cc2)cn2ccccc12. The Hall–Kier alpha value is -3.63. The molecular formula is C21H15N3O3S. The Morgan fingerprint density at radius 1 is 1.18 bits per heavy atom. The average Bonchev–Trinajstić information content (AvgIpc) is 3.38. The van der Waals surface area contributed by atoms with Crippen LogP contribution >= 0.6 is 11.3 Å². The molecule has 28 heavy (non-hydrogen) atoms. The van der Waals surface area contributed by atoms with Gasteiger partial charge in [-0.15, -0.1) is 11.3 Å². The molecular weight excluding hydrogens is 374 g/mol. The number of hydrogen-bond donors (Lipinski definition) is 0.